The first-order valence-corrected chi connectivity index (χ1v) is 12.7. The van der Waals surface area contributed by atoms with Crippen LogP contribution in [0.2, 0.25) is 0 Å². The zero-order valence-electron chi connectivity index (χ0n) is 21.5. The van der Waals surface area contributed by atoms with E-state index < -0.39 is 17.4 Å². The summed E-state index contributed by atoms with van der Waals surface area (Å²) in [6.45, 7) is 3.85. The summed E-state index contributed by atoms with van der Waals surface area (Å²) >= 11 is 0. The molecule has 7 nitrogen and oxygen atoms in total. The van der Waals surface area contributed by atoms with Crippen LogP contribution >= 0.6 is 0 Å². The summed E-state index contributed by atoms with van der Waals surface area (Å²) in [5, 5.41) is 3.69. The monoisotopic (exact) mass is 552 g/mol. The van der Waals surface area contributed by atoms with Crippen molar-refractivity contribution in [1.82, 2.24) is 19.7 Å². The van der Waals surface area contributed by atoms with Crippen LogP contribution in [0.15, 0.2) is 80.8 Å². The number of benzene rings is 3. The Hall–Kier alpha value is -3.66. The zero-order valence-corrected chi connectivity index (χ0v) is 21.5. The van der Waals surface area contributed by atoms with Crippen molar-refractivity contribution in [3.05, 3.63) is 122 Å². The number of H-pyrrole nitrogens is 1. The maximum atomic E-state index is 15.3. The molecule has 40 heavy (non-hydrogen) atoms. The van der Waals surface area contributed by atoms with E-state index in [0.29, 0.717) is 33.8 Å². The SMILES string of the molecule is CCCCc1cc(=O)n(-c2cccc(Cc3c(F)cc(-c4ccccc4-c4noc(=O)[nH]4)cc3F)c2)c(C)n1.[NaH]. The van der Waals surface area contributed by atoms with Crippen molar-refractivity contribution >= 4 is 29.6 Å². The van der Waals surface area contributed by atoms with Gasteiger partial charge < -0.3 is 0 Å². The van der Waals surface area contributed by atoms with E-state index in [-0.39, 0.29) is 52.9 Å². The molecule has 0 aliphatic carbocycles. The van der Waals surface area contributed by atoms with Crippen LogP contribution in [-0.2, 0) is 12.8 Å². The number of nitrogens with one attached hydrogen (secondary N) is 1. The molecule has 1 N–H and O–H groups in total. The summed E-state index contributed by atoms with van der Waals surface area (Å²) in [6, 6.07) is 17.9. The van der Waals surface area contributed by atoms with Gasteiger partial charge in [-0.1, -0.05) is 54.9 Å². The molecule has 0 aliphatic rings. The Morgan fingerprint density at radius 3 is 2.33 bits per heavy atom. The summed E-state index contributed by atoms with van der Waals surface area (Å²) in [5.74, 6) is -1.44. The molecular formula is C30H27F2N4NaO3. The zero-order chi connectivity index (χ0) is 27.5. The second-order valence-corrected chi connectivity index (χ2v) is 9.33. The van der Waals surface area contributed by atoms with E-state index in [2.05, 4.69) is 26.6 Å². The molecule has 0 saturated heterocycles. The van der Waals surface area contributed by atoms with Gasteiger partial charge in [-0.3, -0.25) is 18.9 Å². The molecule has 0 fully saturated rings. The summed E-state index contributed by atoms with van der Waals surface area (Å²) in [7, 11) is 0. The molecule has 0 unspecified atom stereocenters. The number of aromatic nitrogens is 4. The quantitative estimate of drug-likeness (QED) is 0.270. The average Bonchev–Trinajstić information content (AvgIpc) is 3.35. The molecule has 2 heterocycles. The topological polar surface area (TPSA) is 93.8 Å². The van der Waals surface area contributed by atoms with Gasteiger partial charge in [0, 0.05) is 29.3 Å². The second-order valence-electron chi connectivity index (χ2n) is 9.33. The van der Waals surface area contributed by atoms with E-state index in [4.69, 9.17) is 0 Å². The molecule has 3 aromatic carbocycles. The van der Waals surface area contributed by atoms with Crippen LogP contribution in [0.3, 0.4) is 0 Å². The molecule has 5 rings (SSSR count). The number of hydrogen-bond acceptors (Lipinski definition) is 5. The number of hydrogen-bond donors (Lipinski definition) is 1. The van der Waals surface area contributed by atoms with E-state index in [9.17, 15) is 9.59 Å². The molecule has 200 valence electrons. The van der Waals surface area contributed by atoms with Gasteiger partial charge in [0.2, 0.25) is 0 Å². The summed E-state index contributed by atoms with van der Waals surface area (Å²) in [5.41, 5.74) is 2.93. The summed E-state index contributed by atoms with van der Waals surface area (Å²) in [6.07, 6.45) is 2.68. The standard InChI is InChI=1S/C30H26F2N4O3.Na.H/c1-3-4-9-21-17-28(37)36(18(2)33-21)22-10-7-8-19(13-22)14-25-26(31)15-20(16-27(25)32)23-11-5-6-12-24(23)29-34-30(38)39-35-29;;/h5-8,10-13,15-17H,3-4,9,14H2,1-2H3,(H,34,35,38);;. The molecule has 10 heteroatoms. The van der Waals surface area contributed by atoms with Crippen LogP contribution in [0.4, 0.5) is 8.78 Å². The first-order valence-electron chi connectivity index (χ1n) is 12.7. The Bertz CT molecular complexity index is 1750. The first kappa shape index (κ1) is 29.3. The summed E-state index contributed by atoms with van der Waals surface area (Å²) < 4.78 is 36.7. The van der Waals surface area contributed by atoms with Gasteiger partial charge in [0.1, 0.15) is 17.5 Å². The van der Waals surface area contributed by atoms with E-state index in [0.717, 1.165) is 25.0 Å². The van der Waals surface area contributed by atoms with Gasteiger partial charge in [0.15, 0.2) is 5.82 Å². The van der Waals surface area contributed by atoms with Crippen LogP contribution in [0.5, 0.6) is 0 Å². The van der Waals surface area contributed by atoms with Crippen LogP contribution in [0.25, 0.3) is 28.2 Å². The third-order valence-electron chi connectivity index (χ3n) is 6.55. The average molecular weight is 553 g/mol. The van der Waals surface area contributed by atoms with Crippen molar-refractivity contribution in [1.29, 1.82) is 0 Å². The van der Waals surface area contributed by atoms with Crippen molar-refractivity contribution in [3.63, 3.8) is 0 Å². The fourth-order valence-electron chi connectivity index (χ4n) is 4.68. The van der Waals surface area contributed by atoms with Gasteiger partial charge in [-0.05, 0) is 60.7 Å². The van der Waals surface area contributed by atoms with E-state index in [1.165, 1.54) is 16.7 Å². The van der Waals surface area contributed by atoms with Crippen LogP contribution < -0.4 is 11.3 Å². The van der Waals surface area contributed by atoms with E-state index in [1.54, 1.807) is 61.5 Å². The van der Waals surface area contributed by atoms with Crippen LogP contribution in [-0.4, -0.2) is 49.2 Å². The Morgan fingerprint density at radius 1 is 0.950 bits per heavy atom. The number of nitrogens with zero attached hydrogens (tertiary/aromatic N) is 3. The van der Waals surface area contributed by atoms with Crippen molar-refractivity contribution in [3.8, 4) is 28.2 Å². The van der Waals surface area contributed by atoms with Gasteiger partial charge in [0.05, 0.1) is 5.69 Å². The van der Waals surface area contributed by atoms with Gasteiger partial charge in [-0.25, -0.2) is 18.6 Å². The van der Waals surface area contributed by atoms with Crippen molar-refractivity contribution in [2.24, 2.45) is 0 Å². The van der Waals surface area contributed by atoms with Gasteiger partial charge >= 0.3 is 35.3 Å². The van der Waals surface area contributed by atoms with Crippen LogP contribution in [0.1, 0.15) is 42.4 Å². The molecule has 2 aromatic heterocycles. The van der Waals surface area contributed by atoms with Crippen molar-refractivity contribution in [2.75, 3.05) is 0 Å². The normalized spacial score (nSPS) is 10.9. The van der Waals surface area contributed by atoms with Crippen molar-refractivity contribution < 1.29 is 13.3 Å². The summed E-state index contributed by atoms with van der Waals surface area (Å²) in [4.78, 5) is 31.3. The predicted octanol–water partition coefficient (Wildman–Crippen LogP) is 5.11. The van der Waals surface area contributed by atoms with Crippen LogP contribution in [0, 0.1) is 18.6 Å². The molecule has 0 bridgehead atoms. The number of unbranched alkanes of at least 4 members (excludes halogenated alkanes) is 1. The molecule has 0 atom stereocenters. The minimum absolute atomic E-state index is 0. The Morgan fingerprint density at radius 2 is 1.68 bits per heavy atom. The molecule has 0 spiro atoms. The van der Waals surface area contributed by atoms with Crippen molar-refractivity contribution in [2.45, 2.75) is 39.5 Å². The molecule has 0 saturated carbocycles. The number of halogens is 2. The minimum atomic E-state index is -0.726. The molecule has 0 amide bonds. The van der Waals surface area contributed by atoms with Gasteiger partial charge in [-0.2, -0.15) is 0 Å². The third kappa shape index (κ3) is 6.22. The predicted molar refractivity (Wildman–Crippen MR) is 151 cm³/mol. The van der Waals surface area contributed by atoms with E-state index in [1.807, 2.05) is 0 Å². The molecule has 0 radical (unpaired) electrons. The Labute approximate surface area is 251 Å². The third-order valence-corrected chi connectivity index (χ3v) is 6.55. The maximum absolute atomic E-state index is 15.3. The van der Waals surface area contributed by atoms with Gasteiger partial charge in [-0.15, -0.1) is 0 Å². The first-order chi connectivity index (χ1) is 18.8. The molecule has 5 aromatic rings. The fourth-order valence-corrected chi connectivity index (χ4v) is 4.68. The van der Waals surface area contributed by atoms with Gasteiger partial charge in [0.25, 0.3) is 5.56 Å². The Balaban J connectivity index is 0.00000370. The number of aryl methyl sites for hydroxylation is 2. The molecule has 0 aliphatic heterocycles. The fraction of sp³-hybridized carbons (Fsp3) is 0.200. The Kier molecular flexibility index (Phi) is 9.29. The second kappa shape index (κ2) is 12.7. The number of rotatable bonds is 8. The number of aromatic amines is 1. The molecular weight excluding hydrogens is 525 g/mol. The van der Waals surface area contributed by atoms with E-state index >= 15 is 8.78 Å².